The molecule has 0 aliphatic heterocycles. The van der Waals surface area contributed by atoms with Crippen molar-refractivity contribution in [1.82, 2.24) is 14.8 Å². The third kappa shape index (κ3) is 4.61. The molecule has 0 saturated heterocycles. The molecule has 0 spiro atoms. The number of hydrogen-bond donors (Lipinski definition) is 1. The number of anilines is 1. The van der Waals surface area contributed by atoms with Gasteiger partial charge in [0.1, 0.15) is 12.1 Å². The summed E-state index contributed by atoms with van der Waals surface area (Å²) in [6, 6.07) is 8.83. The third-order valence-corrected chi connectivity index (χ3v) is 4.83. The van der Waals surface area contributed by atoms with Crippen LogP contribution in [0.15, 0.2) is 59.8 Å². The molecule has 1 heterocycles. The summed E-state index contributed by atoms with van der Waals surface area (Å²) in [7, 11) is -4.02. The Morgan fingerprint density at radius 3 is 2.44 bits per heavy atom. The van der Waals surface area contributed by atoms with Crippen molar-refractivity contribution in [3.63, 3.8) is 0 Å². The van der Waals surface area contributed by atoms with E-state index in [4.69, 9.17) is 0 Å². The highest BCUT2D eigenvalue weighted by atomic mass is 32.2. The zero-order valence-corrected chi connectivity index (χ0v) is 14.3. The van der Waals surface area contributed by atoms with Crippen molar-refractivity contribution in [2.75, 3.05) is 4.72 Å². The van der Waals surface area contributed by atoms with Gasteiger partial charge in [-0.1, -0.05) is 12.1 Å². The van der Waals surface area contributed by atoms with Gasteiger partial charge in [-0.05, 0) is 42.0 Å². The van der Waals surface area contributed by atoms with E-state index >= 15 is 0 Å². The number of alkyl halides is 3. The predicted molar refractivity (Wildman–Crippen MR) is 87.8 cm³/mol. The number of aromatic nitrogens is 3. The quantitative estimate of drug-likeness (QED) is 0.667. The Kier molecular flexibility index (Phi) is 4.87. The van der Waals surface area contributed by atoms with Gasteiger partial charge in [-0.3, -0.25) is 0 Å². The molecular formula is C16H12F4N4O2S. The first-order chi connectivity index (χ1) is 12.6. The van der Waals surface area contributed by atoms with Crippen LogP contribution in [-0.2, 0) is 22.7 Å². The van der Waals surface area contributed by atoms with Crippen LogP contribution in [-0.4, -0.2) is 23.2 Å². The second-order valence-electron chi connectivity index (χ2n) is 5.52. The number of rotatable bonds is 5. The number of hydrogen-bond acceptors (Lipinski definition) is 4. The average molecular weight is 400 g/mol. The minimum Gasteiger partial charge on any atom is -0.246 e. The maximum atomic E-state index is 12.9. The minimum atomic E-state index is -4.46. The molecule has 6 nitrogen and oxygen atoms in total. The maximum absolute atomic E-state index is 12.9. The molecule has 0 unspecified atom stereocenters. The van der Waals surface area contributed by atoms with E-state index in [0.717, 1.165) is 36.4 Å². The maximum Gasteiger partial charge on any atom is 0.416 e. The molecule has 27 heavy (non-hydrogen) atoms. The van der Waals surface area contributed by atoms with E-state index in [1.54, 1.807) is 0 Å². The topological polar surface area (TPSA) is 76.9 Å². The summed E-state index contributed by atoms with van der Waals surface area (Å²) in [5.41, 5.74) is -0.472. The van der Waals surface area contributed by atoms with E-state index in [2.05, 4.69) is 14.8 Å². The monoisotopic (exact) mass is 400 g/mol. The molecule has 0 saturated carbocycles. The summed E-state index contributed by atoms with van der Waals surface area (Å²) in [4.78, 5) is 3.59. The van der Waals surface area contributed by atoms with Gasteiger partial charge < -0.3 is 0 Å². The Morgan fingerprint density at radius 2 is 1.78 bits per heavy atom. The lowest BCUT2D eigenvalue weighted by Crippen LogP contribution is -2.14. The number of halogens is 4. The number of benzene rings is 2. The van der Waals surface area contributed by atoms with Crippen molar-refractivity contribution in [3.8, 4) is 0 Å². The molecule has 0 bridgehead atoms. The lowest BCUT2D eigenvalue weighted by atomic mass is 10.1. The van der Waals surface area contributed by atoms with Crippen LogP contribution in [0.4, 0.5) is 23.5 Å². The van der Waals surface area contributed by atoms with Crippen molar-refractivity contribution in [2.45, 2.75) is 17.6 Å². The van der Waals surface area contributed by atoms with E-state index in [0.29, 0.717) is 5.56 Å². The molecule has 1 N–H and O–H groups in total. The second kappa shape index (κ2) is 6.99. The van der Waals surface area contributed by atoms with Gasteiger partial charge in [0.05, 0.1) is 17.0 Å². The van der Waals surface area contributed by atoms with Crippen molar-refractivity contribution >= 4 is 16.0 Å². The second-order valence-corrected chi connectivity index (χ2v) is 7.21. The fraction of sp³-hybridized carbons (Fsp3) is 0.125. The molecule has 3 rings (SSSR count). The first-order valence-corrected chi connectivity index (χ1v) is 8.96. The van der Waals surface area contributed by atoms with Gasteiger partial charge >= 0.3 is 6.18 Å². The van der Waals surface area contributed by atoms with Gasteiger partial charge in [0, 0.05) is 0 Å². The largest absolute Gasteiger partial charge is 0.416 e. The predicted octanol–water partition coefficient (Wildman–Crippen LogP) is 3.29. The first kappa shape index (κ1) is 18.8. The Morgan fingerprint density at radius 1 is 1.07 bits per heavy atom. The van der Waals surface area contributed by atoms with Gasteiger partial charge in [0.15, 0.2) is 0 Å². The molecule has 11 heteroatoms. The van der Waals surface area contributed by atoms with E-state index in [1.165, 1.54) is 23.1 Å². The summed E-state index contributed by atoms with van der Waals surface area (Å²) < 4.78 is 78.8. The SMILES string of the molecule is O=S(=O)(Nc1ncn(Cc2cccc(C(F)(F)F)c2)n1)c1ccc(F)cc1. The summed E-state index contributed by atoms with van der Waals surface area (Å²) in [5.74, 6) is -0.844. The highest BCUT2D eigenvalue weighted by Gasteiger charge is 2.30. The molecule has 0 aliphatic rings. The highest BCUT2D eigenvalue weighted by molar-refractivity contribution is 7.92. The summed E-state index contributed by atoms with van der Waals surface area (Å²) in [5, 5.41) is 3.89. The molecule has 2 aromatic carbocycles. The number of sulfonamides is 1. The number of nitrogens with one attached hydrogen (secondary N) is 1. The van der Waals surface area contributed by atoms with E-state index in [9.17, 15) is 26.0 Å². The van der Waals surface area contributed by atoms with Crippen LogP contribution >= 0.6 is 0 Å². The molecule has 0 fully saturated rings. The molecule has 0 atom stereocenters. The summed E-state index contributed by atoms with van der Waals surface area (Å²) >= 11 is 0. The van der Waals surface area contributed by atoms with Crippen molar-refractivity contribution < 1.29 is 26.0 Å². The molecule has 0 amide bonds. The summed E-state index contributed by atoms with van der Waals surface area (Å²) in [6.45, 7) is -0.0325. The fourth-order valence-electron chi connectivity index (χ4n) is 2.24. The normalized spacial score (nSPS) is 12.1. The lowest BCUT2D eigenvalue weighted by molar-refractivity contribution is -0.137. The number of nitrogens with zero attached hydrogens (tertiary/aromatic N) is 3. The van der Waals surface area contributed by atoms with Gasteiger partial charge in [0.25, 0.3) is 16.0 Å². The Bertz CT molecular complexity index is 1050. The molecular weight excluding hydrogens is 388 g/mol. The average Bonchev–Trinajstić information content (AvgIpc) is 3.01. The lowest BCUT2D eigenvalue weighted by Gasteiger charge is -2.08. The molecule has 3 aromatic rings. The van der Waals surface area contributed by atoms with Gasteiger partial charge in [-0.25, -0.2) is 22.2 Å². The first-order valence-electron chi connectivity index (χ1n) is 7.47. The van der Waals surface area contributed by atoms with Crippen LogP contribution in [0.2, 0.25) is 0 Å². The van der Waals surface area contributed by atoms with E-state index in [1.807, 2.05) is 0 Å². The zero-order chi connectivity index (χ0) is 19.7. The van der Waals surface area contributed by atoms with Crippen LogP contribution in [0, 0.1) is 5.82 Å². The van der Waals surface area contributed by atoms with Crippen molar-refractivity contribution in [3.05, 3.63) is 71.8 Å². The Labute approximate surface area is 151 Å². The fourth-order valence-corrected chi connectivity index (χ4v) is 3.19. The van der Waals surface area contributed by atoms with Crippen LogP contribution in [0.3, 0.4) is 0 Å². The smallest absolute Gasteiger partial charge is 0.246 e. The van der Waals surface area contributed by atoms with Crippen LogP contribution in [0.25, 0.3) is 0 Å². The highest BCUT2D eigenvalue weighted by Crippen LogP contribution is 2.29. The summed E-state index contributed by atoms with van der Waals surface area (Å²) in [6.07, 6.45) is -3.28. The molecule has 1 aromatic heterocycles. The van der Waals surface area contributed by atoms with Crippen molar-refractivity contribution in [2.24, 2.45) is 0 Å². The van der Waals surface area contributed by atoms with Gasteiger partial charge in [-0.15, -0.1) is 5.10 Å². The third-order valence-electron chi connectivity index (χ3n) is 3.48. The Balaban J connectivity index is 1.75. The Hall–Kier alpha value is -2.95. The van der Waals surface area contributed by atoms with Crippen LogP contribution in [0.5, 0.6) is 0 Å². The molecule has 142 valence electrons. The minimum absolute atomic E-state index is 0.0325. The standard InChI is InChI=1S/C16H12F4N4O2S/c17-13-4-6-14(7-5-13)27(25,26)23-15-21-10-24(22-15)9-11-2-1-3-12(8-11)16(18,19)20/h1-8,10H,9H2,(H,22,23). The van der Waals surface area contributed by atoms with Crippen LogP contribution < -0.4 is 4.72 Å². The van der Waals surface area contributed by atoms with Crippen LogP contribution in [0.1, 0.15) is 11.1 Å². The van der Waals surface area contributed by atoms with E-state index in [-0.39, 0.29) is 17.4 Å². The van der Waals surface area contributed by atoms with Gasteiger partial charge in [0.2, 0.25) is 0 Å². The molecule has 0 radical (unpaired) electrons. The van der Waals surface area contributed by atoms with E-state index < -0.39 is 27.6 Å². The molecule has 0 aliphatic carbocycles. The van der Waals surface area contributed by atoms with Crippen molar-refractivity contribution in [1.29, 1.82) is 0 Å². The zero-order valence-electron chi connectivity index (χ0n) is 13.5. The van der Waals surface area contributed by atoms with Gasteiger partial charge in [-0.2, -0.15) is 18.2 Å².